The maximum atomic E-state index is 12.4. The zero-order chi connectivity index (χ0) is 19.3. The molecule has 6 nitrogen and oxygen atoms in total. The summed E-state index contributed by atoms with van der Waals surface area (Å²) in [7, 11) is 1.60. The number of methoxy groups -OCH3 is 1. The summed E-state index contributed by atoms with van der Waals surface area (Å²) >= 11 is 0. The highest BCUT2D eigenvalue weighted by Gasteiger charge is 2.15. The summed E-state index contributed by atoms with van der Waals surface area (Å²) in [6.07, 6.45) is 5.85. The van der Waals surface area contributed by atoms with Gasteiger partial charge in [-0.15, -0.1) is 10.2 Å². The zero-order valence-electron chi connectivity index (χ0n) is 16.0. The maximum Gasteiger partial charge on any atom is 0.255 e. The van der Waals surface area contributed by atoms with E-state index in [4.69, 9.17) is 4.74 Å². The molecule has 2 aromatic carbocycles. The van der Waals surface area contributed by atoms with Gasteiger partial charge in [0.2, 0.25) is 0 Å². The molecule has 1 amide bonds. The highest BCUT2D eigenvalue weighted by molar-refractivity contribution is 6.04. The third kappa shape index (κ3) is 3.91. The van der Waals surface area contributed by atoms with Crippen molar-refractivity contribution in [1.82, 2.24) is 14.8 Å². The topological polar surface area (TPSA) is 69.0 Å². The summed E-state index contributed by atoms with van der Waals surface area (Å²) in [6.45, 7) is 0.966. The molecule has 0 unspecified atom stereocenters. The lowest BCUT2D eigenvalue weighted by atomic mass is 10.1. The van der Waals surface area contributed by atoms with Gasteiger partial charge in [-0.25, -0.2) is 0 Å². The first-order chi connectivity index (χ1) is 13.7. The maximum absolute atomic E-state index is 12.4. The highest BCUT2D eigenvalue weighted by atomic mass is 16.5. The van der Waals surface area contributed by atoms with Gasteiger partial charge in [0.05, 0.1) is 7.11 Å². The number of carbonyl (C=O) groups excluding carboxylic acids is 1. The molecule has 3 aromatic rings. The van der Waals surface area contributed by atoms with E-state index in [1.165, 1.54) is 19.3 Å². The molecule has 0 atom stereocenters. The smallest absolute Gasteiger partial charge is 0.255 e. The van der Waals surface area contributed by atoms with Gasteiger partial charge in [-0.1, -0.05) is 12.8 Å². The fourth-order valence-corrected chi connectivity index (χ4v) is 3.52. The molecule has 0 saturated carbocycles. The average Bonchev–Trinajstić information content (AvgIpc) is 3.10. The van der Waals surface area contributed by atoms with Crippen LogP contribution in [0.4, 0.5) is 5.69 Å². The fraction of sp³-hybridized carbons (Fsp3) is 0.318. The van der Waals surface area contributed by atoms with Gasteiger partial charge in [0.15, 0.2) is 5.82 Å². The van der Waals surface area contributed by atoms with Gasteiger partial charge < -0.3 is 14.6 Å². The molecule has 1 N–H and O–H groups in total. The summed E-state index contributed by atoms with van der Waals surface area (Å²) < 4.78 is 7.37. The molecular weight excluding hydrogens is 352 g/mol. The number of benzene rings is 2. The number of hydrogen-bond acceptors (Lipinski definition) is 4. The van der Waals surface area contributed by atoms with E-state index < -0.39 is 0 Å². The SMILES string of the molecule is COc1ccc(C(=O)Nc2ccc(-c3nnc4n3CCCCCC4)cc2)cc1. The Bertz CT molecular complexity index is 946. The van der Waals surface area contributed by atoms with E-state index in [0.29, 0.717) is 5.56 Å². The lowest BCUT2D eigenvalue weighted by molar-refractivity contribution is 0.102. The quantitative estimate of drug-likeness (QED) is 0.736. The minimum absolute atomic E-state index is 0.150. The Balaban J connectivity index is 1.49. The molecule has 0 radical (unpaired) electrons. The molecule has 1 aliphatic heterocycles. The molecule has 2 heterocycles. The second-order valence-corrected chi connectivity index (χ2v) is 7.02. The lowest BCUT2D eigenvalue weighted by Crippen LogP contribution is -2.11. The van der Waals surface area contributed by atoms with Crippen LogP contribution in [0.1, 0.15) is 41.9 Å². The van der Waals surface area contributed by atoms with Crippen LogP contribution in [0.25, 0.3) is 11.4 Å². The number of nitrogens with zero attached hydrogens (tertiary/aromatic N) is 3. The van der Waals surface area contributed by atoms with Crippen molar-refractivity contribution in [2.75, 3.05) is 12.4 Å². The fourth-order valence-electron chi connectivity index (χ4n) is 3.52. The second kappa shape index (κ2) is 8.25. The number of amides is 1. The molecule has 4 rings (SSSR count). The van der Waals surface area contributed by atoms with Gasteiger partial charge in [0.25, 0.3) is 5.91 Å². The molecule has 6 heteroatoms. The molecule has 0 saturated heterocycles. The van der Waals surface area contributed by atoms with Crippen LogP contribution in [0.2, 0.25) is 0 Å². The number of fused-ring (bicyclic) bond motifs is 1. The predicted octanol–water partition coefficient (Wildman–Crippen LogP) is 4.32. The normalized spacial score (nSPS) is 13.9. The van der Waals surface area contributed by atoms with Crippen LogP contribution < -0.4 is 10.1 Å². The van der Waals surface area contributed by atoms with Gasteiger partial charge in [-0.3, -0.25) is 4.79 Å². The third-order valence-corrected chi connectivity index (χ3v) is 5.11. The Hall–Kier alpha value is -3.15. The average molecular weight is 376 g/mol. The van der Waals surface area contributed by atoms with Gasteiger partial charge >= 0.3 is 0 Å². The van der Waals surface area contributed by atoms with Gasteiger partial charge in [0.1, 0.15) is 11.6 Å². The molecule has 28 heavy (non-hydrogen) atoms. The Morgan fingerprint density at radius 3 is 2.46 bits per heavy atom. The van der Waals surface area contributed by atoms with E-state index >= 15 is 0 Å². The van der Waals surface area contributed by atoms with Gasteiger partial charge in [-0.2, -0.15) is 0 Å². The standard InChI is InChI=1S/C22H24N4O2/c1-28-19-13-9-17(10-14-19)22(27)23-18-11-7-16(8-12-18)21-25-24-20-6-4-2-3-5-15-26(20)21/h7-14H,2-6,15H2,1H3,(H,23,27). The van der Waals surface area contributed by atoms with E-state index in [0.717, 1.165) is 48.0 Å². The van der Waals surface area contributed by atoms with Gasteiger partial charge in [0, 0.05) is 29.8 Å². The number of ether oxygens (including phenoxy) is 1. The number of nitrogens with one attached hydrogen (secondary N) is 1. The number of rotatable bonds is 4. The van der Waals surface area contributed by atoms with E-state index in [9.17, 15) is 4.79 Å². The Kier molecular flexibility index (Phi) is 5.37. The first-order valence-corrected chi connectivity index (χ1v) is 9.72. The van der Waals surface area contributed by atoms with E-state index in [-0.39, 0.29) is 5.91 Å². The minimum Gasteiger partial charge on any atom is -0.497 e. The van der Waals surface area contributed by atoms with Crippen LogP contribution >= 0.6 is 0 Å². The van der Waals surface area contributed by atoms with Crippen LogP contribution in [-0.4, -0.2) is 27.8 Å². The third-order valence-electron chi connectivity index (χ3n) is 5.11. The van der Waals surface area contributed by atoms with Crippen molar-refractivity contribution in [2.24, 2.45) is 0 Å². The van der Waals surface area contributed by atoms with Crippen molar-refractivity contribution in [3.8, 4) is 17.1 Å². The van der Waals surface area contributed by atoms with Crippen molar-refractivity contribution in [3.05, 3.63) is 59.9 Å². The summed E-state index contributed by atoms with van der Waals surface area (Å²) in [5, 5.41) is 11.7. The largest absolute Gasteiger partial charge is 0.497 e. The molecular formula is C22H24N4O2. The van der Waals surface area contributed by atoms with E-state index in [1.54, 1.807) is 31.4 Å². The monoisotopic (exact) mass is 376 g/mol. The Morgan fingerprint density at radius 2 is 1.71 bits per heavy atom. The molecule has 0 aliphatic carbocycles. The molecule has 0 bridgehead atoms. The summed E-state index contributed by atoms with van der Waals surface area (Å²) in [6, 6.07) is 14.8. The molecule has 144 valence electrons. The summed E-state index contributed by atoms with van der Waals surface area (Å²) in [5.74, 6) is 2.56. The predicted molar refractivity (Wildman–Crippen MR) is 109 cm³/mol. The number of carbonyl (C=O) groups is 1. The molecule has 1 aromatic heterocycles. The Labute approximate surface area is 164 Å². The van der Waals surface area contributed by atoms with Crippen molar-refractivity contribution in [2.45, 2.75) is 38.6 Å². The van der Waals surface area contributed by atoms with Crippen LogP contribution in [0, 0.1) is 0 Å². The lowest BCUT2D eigenvalue weighted by Gasteiger charge is -2.13. The number of aryl methyl sites for hydroxylation is 1. The number of aromatic nitrogens is 3. The van der Waals surface area contributed by atoms with Crippen LogP contribution in [-0.2, 0) is 13.0 Å². The van der Waals surface area contributed by atoms with E-state index in [1.807, 2.05) is 24.3 Å². The number of hydrogen-bond donors (Lipinski definition) is 1. The van der Waals surface area contributed by atoms with E-state index in [2.05, 4.69) is 20.1 Å². The molecule has 0 fully saturated rings. The van der Waals surface area contributed by atoms with Crippen molar-refractivity contribution in [1.29, 1.82) is 0 Å². The zero-order valence-corrected chi connectivity index (χ0v) is 16.0. The van der Waals surface area contributed by atoms with Crippen LogP contribution in [0.3, 0.4) is 0 Å². The minimum atomic E-state index is -0.150. The van der Waals surface area contributed by atoms with Gasteiger partial charge in [-0.05, 0) is 61.4 Å². The van der Waals surface area contributed by atoms with Crippen LogP contribution in [0.15, 0.2) is 48.5 Å². The van der Waals surface area contributed by atoms with Crippen molar-refractivity contribution >= 4 is 11.6 Å². The first kappa shape index (κ1) is 18.2. The first-order valence-electron chi connectivity index (χ1n) is 9.72. The highest BCUT2D eigenvalue weighted by Crippen LogP contribution is 2.24. The summed E-state index contributed by atoms with van der Waals surface area (Å²) in [5.41, 5.74) is 2.35. The second-order valence-electron chi connectivity index (χ2n) is 7.02. The molecule has 0 spiro atoms. The molecule has 1 aliphatic rings. The van der Waals surface area contributed by atoms with Crippen molar-refractivity contribution in [3.63, 3.8) is 0 Å². The number of anilines is 1. The summed E-state index contributed by atoms with van der Waals surface area (Å²) in [4.78, 5) is 12.4. The Morgan fingerprint density at radius 1 is 0.964 bits per heavy atom. The van der Waals surface area contributed by atoms with Crippen LogP contribution in [0.5, 0.6) is 5.75 Å². The van der Waals surface area contributed by atoms with Crippen molar-refractivity contribution < 1.29 is 9.53 Å².